The second-order valence-electron chi connectivity index (χ2n) is 3.93. The number of nitrogens with zero attached hydrogens (tertiary/aromatic N) is 1. The Morgan fingerprint density at radius 1 is 1.69 bits per heavy atom. The summed E-state index contributed by atoms with van der Waals surface area (Å²) in [4.78, 5) is 21.3. The van der Waals surface area contributed by atoms with Gasteiger partial charge >= 0.3 is 5.97 Å². The van der Waals surface area contributed by atoms with Gasteiger partial charge in [-0.05, 0) is 6.42 Å². The Kier molecular flexibility index (Phi) is 2.54. The summed E-state index contributed by atoms with van der Waals surface area (Å²) in [6.07, 6.45) is 0.870. The molecular formula is C8H13NO4. The fourth-order valence-electron chi connectivity index (χ4n) is 1.40. The molecular weight excluding hydrogens is 174 g/mol. The highest BCUT2D eigenvalue weighted by atomic mass is 16.6. The maximum atomic E-state index is 11.0. The van der Waals surface area contributed by atoms with Crippen LogP contribution >= 0.6 is 0 Å². The number of cyclic esters (lactones) is 1. The van der Waals surface area contributed by atoms with Crippen LogP contribution in [-0.4, -0.2) is 23.0 Å². The van der Waals surface area contributed by atoms with Crippen molar-refractivity contribution in [3.8, 4) is 0 Å². The number of ether oxygens (including phenoxy) is 1. The van der Waals surface area contributed by atoms with Crippen molar-refractivity contribution in [1.29, 1.82) is 0 Å². The van der Waals surface area contributed by atoms with Gasteiger partial charge in [-0.25, -0.2) is 0 Å². The fourth-order valence-corrected chi connectivity index (χ4v) is 1.40. The third kappa shape index (κ3) is 2.17. The SMILES string of the molecule is CC(C)(C[C@H]1CCOC1=O)[N+](=O)[O-]. The number of nitro groups is 1. The van der Waals surface area contributed by atoms with E-state index in [2.05, 4.69) is 0 Å². The predicted molar refractivity (Wildman–Crippen MR) is 44.8 cm³/mol. The van der Waals surface area contributed by atoms with Crippen molar-refractivity contribution < 1.29 is 14.5 Å². The molecule has 5 heteroatoms. The van der Waals surface area contributed by atoms with E-state index in [1.54, 1.807) is 0 Å². The molecule has 0 radical (unpaired) electrons. The molecule has 0 aromatic rings. The van der Waals surface area contributed by atoms with Crippen LogP contribution in [-0.2, 0) is 9.53 Å². The summed E-state index contributed by atoms with van der Waals surface area (Å²) in [5.41, 5.74) is -1.03. The Morgan fingerprint density at radius 2 is 2.31 bits per heavy atom. The molecule has 0 N–H and O–H groups in total. The van der Waals surface area contributed by atoms with Crippen molar-refractivity contribution >= 4 is 5.97 Å². The number of carbonyl (C=O) groups is 1. The molecule has 1 aliphatic heterocycles. The molecule has 0 bridgehead atoms. The Hall–Kier alpha value is -1.13. The van der Waals surface area contributed by atoms with E-state index in [1.165, 1.54) is 13.8 Å². The molecule has 0 amide bonds. The molecule has 0 unspecified atom stereocenters. The maximum Gasteiger partial charge on any atom is 0.309 e. The van der Waals surface area contributed by atoms with Gasteiger partial charge in [0, 0.05) is 25.2 Å². The smallest absolute Gasteiger partial charge is 0.309 e. The summed E-state index contributed by atoms with van der Waals surface area (Å²) in [5.74, 6) is -0.588. The molecule has 1 aliphatic rings. The minimum Gasteiger partial charge on any atom is -0.465 e. The third-order valence-corrected chi connectivity index (χ3v) is 2.28. The summed E-state index contributed by atoms with van der Waals surface area (Å²) < 4.78 is 4.73. The van der Waals surface area contributed by atoms with Crippen molar-refractivity contribution in [1.82, 2.24) is 0 Å². The maximum absolute atomic E-state index is 11.0. The van der Waals surface area contributed by atoms with Crippen molar-refractivity contribution in [2.24, 2.45) is 5.92 Å². The van der Waals surface area contributed by atoms with Gasteiger partial charge in [-0.2, -0.15) is 0 Å². The minimum absolute atomic E-state index is 0.263. The van der Waals surface area contributed by atoms with E-state index in [0.717, 1.165) is 0 Å². The van der Waals surface area contributed by atoms with Gasteiger partial charge in [0.2, 0.25) is 5.54 Å². The Balaban J connectivity index is 2.57. The molecule has 1 saturated heterocycles. The van der Waals surface area contributed by atoms with Crippen LogP contribution in [0.3, 0.4) is 0 Å². The molecule has 1 fully saturated rings. The zero-order chi connectivity index (χ0) is 10.1. The van der Waals surface area contributed by atoms with Crippen LogP contribution in [0, 0.1) is 16.0 Å². The minimum atomic E-state index is -1.03. The van der Waals surface area contributed by atoms with Crippen LogP contribution in [0.15, 0.2) is 0 Å². The lowest BCUT2D eigenvalue weighted by molar-refractivity contribution is -0.562. The fraction of sp³-hybridized carbons (Fsp3) is 0.875. The molecule has 1 heterocycles. The molecule has 5 nitrogen and oxygen atoms in total. The summed E-state index contributed by atoms with van der Waals surface area (Å²) in [6.45, 7) is 3.45. The second-order valence-corrected chi connectivity index (χ2v) is 3.93. The largest absolute Gasteiger partial charge is 0.465 e. The van der Waals surface area contributed by atoms with E-state index in [1.807, 2.05) is 0 Å². The number of rotatable bonds is 3. The second kappa shape index (κ2) is 3.32. The number of esters is 1. The lowest BCUT2D eigenvalue weighted by Crippen LogP contribution is -2.34. The molecule has 0 aromatic heterocycles. The molecule has 0 aliphatic carbocycles. The first-order valence-corrected chi connectivity index (χ1v) is 4.24. The van der Waals surface area contributed by atoms with Gasteiger partial charge < -0.3 is 4.74 Å². The molecule has 0 aromatic carbocycles. The van der Waals surface area contributed by atoms with Gasteiger partial charge in [0.15, 0.2) is 0 Å². The van der Waals surface area contributed by atoms with Crippen LogP contribution in [0.5, 0.6) is 0 Å². The Bertz CT molecular complexity index is 236. The first kappa shape index (κ1) is 9.95. The summed E-state index contributed by atoms with van der Waals surface area (Å²) in [7, 11) is 0. The standard InChI is InChI=1S/C8H13NO4/c1-8(2,9(11)12)5-6-3-4-13-7(6)10/h6H,3-5H2,1-2H3/t6-/m1/s1. The zero-order valence-electron chi connectivity index (χ0n) is 7.78. The Morgan fingerprint density at radius 3 is 2.69 bits per heavy atom. The highest BCUT2D eigenvalue weighted by Crippen LogP contribution is 2.26. The van der Waals surface area contributed by atoms with Gasteiger partial charge in [-0.15, -0.1) is 0 Å². The highest BCUT2D eigenvalue weighted by Gasteiger charge is 2.39. The zero-order valence-corrected chi connectivity index (χ0v) is 7.78. The Labute approximate surface area is 76.2 Å². The third-order valence-electron chi connectivity index (χ3n) is 2.28. The van der Waals surface area contributed by atoms with Gasteiger partial charge in [-0.3, -0.25) is 14.9 Å². The normalized spacial score (nSPS) is 22.9. The molecule has 74 valence electrons. The van der Waals surface area contributed by atoms with E-state index >= 15 is 0 Å². The number of carbonyl (C=O) groups excluding carboxylic acids is 1. The van der Waals surface area contributed by atoms with Crippen LogP contribution in [0.25, 0.3) is 0 Å². The molecule has 13 heavy (non-hydrogen) atoms. The van der Waals surface area contributed by atoms with Gasteiger partial charge in [0.1, 0.15) is 0 Å². The highest BCUT2D eigenvalue weighted by molar-refractivity contribution is 5.74. The lowest BCUT2D eigenvalue weighted by Gasteiger charge is -2.17. The van der Waals surface area contributed by atoms with Gasteiger partial charge in [0.05, 0.1) is 12.5 Å². The van der Waals surface area contributed by atoms with Crippen molar-refractivity contribution in [3.05, 3.63) is 10.1 Å². The number of hydrogen-bond donors (Lipinski definition) is 0. The quantitative estimate of drug-likeness (QED) is 0.375. The molecule has 0 spiro atoms. The predicted octanol–water partition coefficient (Wildman–Crippen LogP) is 0.995. The lowest BCUT2D eigenvalue weighted by atomic mass is 9.90. The van der Waals surface area contributed by atoms with Gasteiger partial charge in [-0.1, -0.05) is 0 Å². The topological polar surface area (TPSA) is 69.4 Å². The molecule has 1 atom stereocenters. The van der Waals surface area contributed by atoms with Crippen LogP contribution in [0.1, 0.15) is 26.7 Å². The van der Waals surface area contributed by atoms with E-state index in [9.17, 15) is 14.9 Å². The average molecular weight is 187 g/mol. The van der Waals surface area contributed by atoms with E-state index in [4.69, 9.17) is 4.74 Å². The first-order chi connectivity index (χ1) is 5.93. The van der Waals surface area contributed by atoms with E-state index < -0.39 is 5.54 Å². The van der Waals surface area contributed by atoms with Crippen LogP contribution < -0.4 is 0 Å². The van der Waals surface area contributed by atoms with Crippen LogP contribution in [0.4, 0.5) is 0 Å². The molecule has 0 saturated carbocycles. The van der Waals surface area contributed by atoms with Crippen molar-refractivity contribution in [2.75, 3.05) is 6.61 Å². The van der Waals surface area contributed by atoms with Crippen molar-refractivity contribution in [2.45, 2.75) is 32.2 Å². The van der Waals surface area contributed by atoms with Crippen LogP contribution in [0.2, 0.25) is 0 Å². The van der Waals surface area contributed by atoms with E-state index in [-0.39, 0.29) is 23.2 Å². The van der Waals surface area contributed by atoms with E-state index in [0.29, 0.717) is 13.0 Å². The summed E-state index contributed by atoms with van der Waals surface area (Å²) in [6, 6.07) is 0. The van der Waals surface area contributed by atoms with Crippen molar-refractivity contribution in [3.63, 3.8) is 0 Å². The molecule has 1 rings (SSSR count). The monoisotopic (exact) mass is 187 g/mol. The average Bonchev–Trinajstić information content (AvgIpc) is 2.35. The summed E-state index contributed by atoms with van der Waals surface area (Å²) >= 11 is 0. The summed E-state index contributed by atoms with van der Waals surface area (Å²) in [5, 5.41) is 10.6. The first-order valence-electron chi connectivity index (χ1n) is 4.24. The van der Waals surface area contributed by atoms with Gasteiger partial charge in [0.25, 0.3) is 0 Å². The number of hydrogen-bond acceptors (Lipinski definition) is 4.